The molecule has 2 aromatic heterocycles. The molecule has 2 heterocycles. The van der Waals surface area contributed by atoms with Gasteiger partial charge in [-0.05, 0) is 49.2 Å². The lowest BCUT2D eigenvalue weighted by Gasteiger charge is -2.10. The van der Waals surface area contributed by atoms with Gasteiger partial charge < -0.3 is 19.2 Å². The van der Waals surface area contributed by atoms with Gasteiger partial charge in [-0.2, -0.15) is 0 Å². The Balaban J connectivity index is 1.55. The summed E-state index contributed by atoms with van der Waals surface area (Å²) in [5, 5.41) is 2.81. The molecule has 3 rings (SSSR count). The number of ether oxygens (including phenoxy) is 2. The molecule has 136 valence electrons. The molecule has 6 nitrogen and oxygen atoms in total. The molecule has 0 bridgehead atoms. The average molecular weight is 353 g/mol. The minimum Gasteiger partial charge on any atom is -0.493 e. The van der Waals surface area contributed by atoms with Crippen molar-refractivity contribution in [1.29, 1.82) is 0 Å². The lowest BCUT2D eigenvalue weighted by atomic mass is 10.2. The molecular formula is C20H23N3O3. The zero-order valence-corrected chi connectivity index (χ0v) is 15.2. The highest BCUT2D eigenvalue weighted by Gasteiger charge is 2.09. The van der Waals surface area contributed by atoms with Crippen molar-refractivity contribution < 1.29 is 14.3 Å². The molecule has 0 fully saturated rings. The second kappa shape index (κ2) is 7.91. The summed E-state index contributed by atoms with van der Waals surface area (Å²) in [6.45, 7) is 6.69. The van der Waals surface area contributed by atoms with Crippen LogP contribution in [0, 0.1) is 12.8 Å². The first-order chi connectivity index (χ1) is 12.5. The third kappa shape index (κ3) is 4.53. The number of aryl methyl sites for hydroxylation is 1. The molecule has 0 aliphatic heterocycles. The van der Waals surface area contributed by atoms with E-state index in [2.05, 4.69) is 24.1 Å². The van der Waals surface area contributed by atoms with E-state index in [1.807, 2.05) is 54.0 Å². The molecule has 0 saturated heterocycles. The summed E-state index contributed by atoms with van der Waals surface area (Å²) in [5.74, 6) is 1.60. The molecule has 0 saturated carbocycles. The molecule has 0 aliphatic carbocycles. The van der Waals surface area contributed by atoms with Crippen LogP contribution in [0.4, 0.5) is 5.69 Å². The van der Waals surface area contributed by atoms with E-state index >= 15 is 0 Å². The maximum atomic E-state index is 12.1. The van der Waals surface area contributed by atoms with Crippen molar-refractivity contribution in [2.75, 3.05) is 18.5 Å². The van der Waals surface area contributed by atoms with Gasteiger partial charge in [-0.1, -0.05) is 13.8 Å². The number of imidazole rings is 1. The molecule has 1 N–H and O–H groups in total. The Labute approximate surface area is 152 Å². The number of benzene rings is 1. The van der Waals surface area contributed by atoms with E-state index in [4.69, 9.17) is 9.47 Å². The Morgan fingerprint density at radius 1 is 1.19 bits per heavy atom. The summed E-state index contributed by atoms with van der Waals surface area (Å²) >= 11 is 0. The number of carbonyl (C=O) groups is 1. The predicted octanol–water partition coefficient (Wildman–Crippen LogP) is 3.70. The van der Waals surface area contributed by atoms with Crippen molar-refractivity contribution >= 4 is 17.2 Å². The Morgan fingerprint density at radius 2 is 1.96 bits per heavy atom. The minimum atomic E-state index is -0.230. The van der Waals surface area contributed by atoms with Crippen LogP contribution in [0.3, 0.4) is 0 Å². The second-order valence-corrected chi connectivity index (χ2v) is 6.55. The van der Waals surface area contributed by atoms with Gasteiger partial charge in [-0.15, -0.1) is 0 Å². The van der Waals surface area contributed by atoms with Crippen LogP contribution in [-0.2, 0) is 4.79 Å². The van der Waals surface area contributed by atoms with Crippen LogP contribution < -0.4 is 14.8 Å². The first-order valence-electron chi connectivity index (χ1n) is 8.61. The summed E-state index contributed by atoms with van der Waals surface area (Å²) in [4.78, 5) is 16.5. The van der Waals surface area contributed by atoms with Gasteiger partial charge in [0.1, 0.15) is 5.75 Å². The molecule has 1 amide bonds. The zero-order valence-electron chi connectivity index (χ0n) is 15.2. The average Bonchev–Trinajstić information content (AvgIpc) is 3.00. The van der Waals surface area contributed by atoms with E-state index in [9.17, 15) is 4.79 Å². The smallest absolute Gasteiger partial charge is 0.262 e. The van der Waals surface area contributed by atoms with Crippen LogP contribution in [0.1, 0.15) is 19.5 Å². The maximum Gasteiger partial charge on any atom is 0.262 e. The number of fused-ring (bicyclic) bond motifs is 1. The van der Waals surface area contributed by atoms with Gasteiger partial charge in [-0.3, -0.25) is 4.79 Å². The summed E-state index contributed by atoms with van der Waals surface area (Å²) in [6, 6.07) is 11.0. The van der Waals surface area contributed by atoms with Crippen LogP contribution >= 0.6 is 0 Å². The van der Waals surface area contributed by atoms with Crippen LogP contribution in [0.2, 0.25) is 0 Å². The highest BCUT2D eigenvalue weighted by molar-refractivity contribution is 5.92. The highest BCUT2D eigenvalue weighted by Crippen LogP contribution is 2.19. The minimum absolute atomic E-state index is 0.0861. The van der Waals surface area contributed by atoms with Gasteiger partial charge >= 0.3 is 0 Å². The van der Waals surface area contributed by atoms with Crippen molar-refractivity contribution in [1.82, 2.24) is 9.38 Å². The number of amides is 1. The van der Waals surface area contributed by atoms with Crippen LogP contribution in [-0.4, -0.2) is 28.5 Å². The topological polar surface area (TPSA) is 64.9 Å². The molecule has 0 radical (unpaired) electrons. The third-order valence-electron chi connectivity index (χ3n) is 3.65. The number of carbonyl (C=O) groups excluding carboxylic acids is 1. The number of rotatable bonds is 7. The van der Waals surface area contributed by atoms with E-state index in [0.717, 1.165) is 11.4 Å². The summed E-state index contributed by atoms with van der Waals surface area (Å²) in [5.41, 5.74) is 2.29. The van der Waals surface area contributed by atoms with Crippen molar-refractivity contribution in [2.24, 2.45) is 5.92 Å². The molecule has 1 aromatic carbocycles. The number of hydrogen-bond donors (Lipinski definition) is 1. The molecule has 0 unspecified atom stereocenters. The van der Waals surface area contributed by atoms with Gasteiger partial charge in [0.15, 0.2) is 18.0 Å². The fourth-order valence-electron chi connectivity index (χ4n) is 2.46. The lowest BCUT2D eigenvalue weighted by molar-refractivity contribution is -0.118. The monoisotopic (exact) mass is 353 g/mol. The Morgan fingerprint density at radius 3 is 2.69 bits per heavy atom. The number of hydrogen-bond acceptors (Lipinski definition) is 4. The van der Waals surface area contributed by atoms with E-state index in [0.29, 0.717) is 29.6 Å². The largest absolute Gasteiger partial charge is 0.493 e. The molecule has 6 heteroatoms. The number of anilines is 1. The highest BCUT2D eigenvalue weighted by atomic mass is 16.5. The molecule has 26 heavy (non-hydrogen) atoms. The SMILES string of the molecule is Cc1cn2cccc(OCC(=O)Nc3ccc(OCC(C)C)cc3)c2n1. The van der Waals surface area contributed by atoms with Crippen molar-refractivity contribution in [3.05, 3.63) is 54.5 Å². The van der Waals surface area contributed by atoms with Crippen molar-refractivity contribution in [3.63, 3.8) is 0 Å². The fourth-order valence-corrected chi connectivity index (χ4v) is 2.46. The summed E-state index contributed by atoms with van der Waals surface area (Å²) in [7, 11) is 0. The number of nitrogens with zero attached hydrogens (tertiary/aromatic N) is 2. The number of aromatic nitrogens is 2. The summed E-state index contributed by atoms with van der Waals surface area (Å²) < 4.78 is 13.1. The lowest BCUT2D eigenvalue weighted by Crippen LogP contribution is -2.20. The maximum absolute atomic E-state index is 12.1. The van der Waals surface area contributed by atoms with Crippen LogP contribution in [0.25, 0.3) is 5.65 Å². The molecule has 0 aliphatic rings. The molecule has 0 atom stereocenters. The van der Waals surface area contributed by atoms with Gasteiger partial charge in [-0.25, -0.2) is 4.98 Å². The van der Waals surface area contributed by atoms with E-state index in [1.54, 1.807) is 6.07 Å². The fraction of sp³-hybridized carbons (Fsp3) is 0.300. The Hall–Kier alpha value is -3.02. The third-order valence-corrected chi connectivity index (χ3v) is 3.65. The Kier molecular flexibility index (Phi) is 5.41. The first-order valence-corrected chi connectivity index (χ1v) is 8.61. The van der Waals surface area contributed by atoms with Gasteiger partial charge in [0, 0.05) is 18.1 Å². The van der Waals surface area contributed by atoms with Gasteiger partial charge in [0.05, 0.1) is 12.3 Å². The molecular weight excluding hydrogens is 330 g/mol. The summed E-state index contributed by atoms with van der Waals surface area (Å²) in [6.07, 6.45) is 3.80. The number of pyridine rings is 1. The predicted molar refractivity (Wildman–Crippen MR) is 101 cm³/mol. The van der Waals surface area contributed by atoms with Gasteiger partial charge in [0.25, 0.3) is 5.91 Å². The van der Waals surface area contributed by atoms with E-state index in [-0.39, 0.29) is 12.5 Å². The zero-order chi connectivity index (χ0) is 18.5. The molecule has 0 spiro atoms. The Bertz CT molecular complexity index is 885. The van der Waals surface area contributed by atoms with Gasteiger partial charge in [0.2, 0.25) is 0 Å². The number of nitrogens with one attached hydrogen (secondary N) is 1. The molecule has 3 aromatic rings. The van der Waals surface area contributed by atoms with Crippen molar-refractivity contribution in [2.45, 2.75) is 20.8 Å². The first kappa shape index (κ1) is 17.8. The standard InChI is InChI=1S/C20H23N3O3/c1-14(2)12-25-17-8-6-16(7-9-17)22-19(24)13-26-18-5-4-10-23-11-15(3)21-20(18)23/h4-11,14H,12-13H2,1-3H3,(H,22,24). The normalized spacial score (nSPS) is 10.9. The van der Waals surface area contributed by atoms with Crippen LogP contribution in [0.5, 0.6) is 11.5 Å². The quantitative estimate of drug-likeness (QED) is 0.703. The van der Waals surface area contributed by atoms with Crippen LogP contribution in [0.15, 0.2) is 48.8 Å². The van der Waals surface area contributed by atoms with E-state index in [1.165, 1.54) is 0 Å². The van der Waals surface area contributed by atoms with E-state index < -0.39 is 0 Å². The van der Waals surface area contributed by atoms with Crippen molar-refractivity contribution in [3.8, 4) is 11.5 Å². The second-order valence-electron chi connectivity index (χ2n) is 6.55.